The van der Waals surface area contributed by atoms with Crippen LogP contribution in [0.25, 0.3) is 0 Å². The van der Waals surface area contributed by atoms with Crippen molar-refractivity contribution in [3.8, 4) is 0 Å². The van der Waals surface area contributed by atoms with Crippen molar-refractivity contribution in [1.29, 1.82) is 0 Å². The Labute approximate surface area is 120 Å². The van der Waals surface area contributed by atoms with Gasteiger partial charge in [-0.3, -0.25) is 4.79 Å². The second-order valence-electron chi connectivity index (χ2n) is 6.70. The Morgan fingerprint density at radius 2 is 1.85 bits per heavy atom. The van der Waals surface area contributed by atoms with Crippen LogP contribution in [-0.2, 0) is 10.2 Å². The van der Waals surface area contributed by atoms with Gasteiger partial charge in [0.25, 0.3) is 0 Å². The van der Waals surface area contributed by atoms with Crippen molar-refractivity contribution in [3.63, 3.8) is 0 Å². The van der Waals surface area contributed by atoms with E-state index in [2.05, 4.69) is 19.2 Å². The number of carbonyl (C=O) groups is 1. The Hall–Kier alpha value is -1.51. The van der Waals surface area contributed by atoms with E-state index in [1.165, 1.54) is 6.42 Å². The molecule has 3 heteroatoms. The fourth-order valence-electron chi connectivity index (χ4n) is 3.45. The molecule has 1 amide bonds. The van der Waals surface area contributed by atoms with E-state index in [-0.39, 0.29) is 11.3 Å². The topological polar surface area (TPSA) is 55.1 Å². The van der Waals surface area contributed by atoms with Crippen LogP contribution in [-0.4, -0.2) is 11.9 Å². The summed E-state index contributed by atoms with van der Waals surface area (Å²) in [5.41, 5.74) is 7.32. The van der Waals surface area contributed by atoms with Crippen LogP contribution in [0, 0.1) is 11.8 Å². The number of nitrogen functional groups attached to an aromatic ring is 1. The van der Waals surface area contributed by atoms with E-state index in [0.717, 1.165) is 30.5 Å². The first-order chi connectivity index (χ1) is 9.53. The van der Waals surface area contributed by atoms with Crippen molar-refractivity contribution in [3.05, 3.63) is 29.8 Å². The van der Waals surface area contributed by atoms with Gasteiger partial charge in [-0.15, -0.1) is 0 Å². The van der Waals surface area contributed by atoms with Crippen LogP contribution < -0.4 is 11.1 Å². The van der Waals surface area contributed by atoms with Crippen molar-refractivity contribution in [2.45, 2.75) is 51.0 Å². The van der Waals surface area contributed by atoms with Crippen molar-refractivity contribution < 1.29 is 4.79 Å². The first-order valence-electron chi connectivity index (χ1n) is 7.70. The summed E-state index contributed by atoms with van der Waals surface area (Å²) in [7, 11) is 0. The Morgan fingerprint density at radius 1 is 1.20 bits per heavy atom. The number of amides is 1. The Morgan fingerprint density at radius 3 is 2.35 bits per heavy atom. The monoisotopic (exact) mass is 272 g/mol. The number of anilines is 1. The quantitative estimate of drug-likeness (QED) is 0.831. The minimum atomic E-state index is -0.279. The molecule has 0 heterocycles. The molecule has 0 radical (unpaired) electrons. The minimum absolute atomic E-state index is 0.216. The Balaban J connectivity index is 1.72. The third kappa shape index (κ3) is 2.19. The third-order valence-electron chi connectivity index (χ3n) is 5.43. The number of nitrogens with one attached hydrogen (secondary N) is 1. The summed E-state index contributed by atoms with van der Waals surface area (Å²) < 4.78 is 0. The highest BCUT2D eigenvalue weighted by molar-refractivity contribution is 5.91. The molecule has 108 valence electrons. The van der Waals surface area contributed by atoms with Crippen LogP contribution in [0.5, 0.6) is 0 Å². The van der Waals surface area contributed by atoms with Crippen LogP contribution in [0.4, 0.5) is 5.69 Å². The van der Waals surface area contributed by atoms with Gasteiger partial charge in [0.1, 0.15) is 0 Å². The SMILES string of the molecule is CC1CCC(NC(=O)C2(c3ccc(N)cc3)CC2)C1C. The molecule has 1 aromatic rings. The van der Waals surface area contributed by atoms with Crippen LogP contribution >= 0.6 is 0 Å². The second kappa shape index (κ2) is 4.80. The fourth-order valence-corrected chi connectivity index (χ4v) is 3.45. The minimum Gasteiger partial charge on any atom is -0.399 e. The predicted molar refractivity (Wildman–Crippen MR) is 81.3 cm³/mol. The zero-order chi connectivity index (χ0) is 14.3. The predicted octanol–water partition coefficient (Wildman–Crippen LogP) is 2.85. The van der Waals surface area contributed by atoms with Gasteiger partial charge in [-0.25, -0.2) is 0 Å². The van der Waals surface area contributed by atoms with Crippen molar-refractivity contribution in [2.24, 2.45) is 11.8 Å². The molecule has 3 unspecified atom stereocenters. The smallest absolute Gasteiger partial charge is 0.230 e. The second-order valence-corrected chi connectivity index (χ2v) is 6.70. The lowest BCUT2D eigenvalue weighted by atomic mass is 9.93. The van der Waals surface area contributed by atoms with Crippen LogP contribution in [0.3, 0.4) is 0 Å². The molecular weight excluding hydrogens is 248 g/mol. The molecule has 3 nitrogen and oxygen atoms in total. The van der Waals surface area contributed by atoms with Gasteiger partial charge in [0, 0.05) is 11.7 Å². The highest BCUT2D eigenvalue weighted by Gasteiger charge is 2.52. The molecule has 0 bridgehead atoms. The summed E-state index contributed by atoms with van der Waals surface area (Å²) in [4.78, 5) is 12.7. The van der Waals surface area contributed by atoms with E-state index in [9.17, 15) is 4.79 Å². The van der Waals surface area contributed by atoms with Crippen LogP contribution in [0.1, 0.15) is 45.1 Å². The van der Waals surface area contributed by atoms with Gasteiger partial charge < -0.3 is 11.1 Å². The normalized spacial score (nSPS) is 31.0. The molecule has 3 rings (SSSR count). The lowest BCUT2D eigenvalue weighted by Gasteiger charge is -2.23. The van der Waals surface area contributed by atoms with Gasteiger partial charge in [-0.2, -0.15) is 0 Å². The van der Waals surface area contributed by atoms with E-state index in [0.29, 0.717) is 17.9 Å². The molecule has 0 saturated heterocycles. The molecule has 3 atom stereocenters. The standard InChI is InChI=1S/C17H24N2O/c1-11-3-8-15(12(11)2)19-16(20)17(9-10-17)13-4-6-14(18)7-5-13/h4-7,11-12,15H,3,8-10,18H2,1-2H3,(H,19,20). The Kier molecular flexibility index (Phi) is 3.23. The molecule has 3 N–H and O–H groups in total. The lowest BCUT2D eigenvalue weighted by Crippen LogP contribution is -2.43. The van der Waals surface area contributed by atoms with Crippen LogP contribution in [0.2, 0.25) is 0 Å². The summed E-state index contributed by atoms with van der Waals surface area (Å²) in [6, 6.07) is 8.14. The molecule has 2 saturated carbocycles. The number of benzene rings is 1. The highest BCUT2D eigenvalue weighted by Crippen LogP contribution is 2.49. The van der Waals surface area contributed by atoms with Crippen molar-refractivity contribution in [1.82, 2.24) is 5.32 Å². The number of hydrogen-bond donors (Lipinski definition) is 2. The van der Waals surface area contributed by atoms with E-state index < -0.39 is 0 Å². The van der Waals surface area contributed by atoms with E-state index in [1.807, 2.05) is 24.3 Å². The van der Waals surface area contributed by atoms with E-state index >= 15 is 0 Å². The lowest BCUT2D eigenvalue weighted by molar-refractivity contribution is -0.124. The average molecular weight is 272 g/mol. The first kappa shape index (κ1) is 13.5. The summed E-state index contributed by atoms with van der Waals surface area (Å²) in [6.45, 7) is 4.54. The third-order valence-corrected chi connectivity index (χ3v) is 5.43. The zero-order valence-electron chi connectivity index (χ0n) is 12.4. The van der Waals surface area contributed by atoms with Gasteiger partial charge in [-0.1, -0.05) is 26.0 Å². The van der Waals surface area contributed by atoms with E-state index in [4.69, 9.17) is 5.73 Å². The molecule has 0 aliphatic heterocycles. The summed E-state index contributed by atoms with van der Waals surface area (Å²) in [6.07, 6.45) is 4.26. The van der Waals surface area contributed by atoms with Gasteiger partial charge in [-0.05, 0) is 55.2 Å². The fraction of sp³-hybridized carbons (Fsp3) is 0.588. The van der Waals surface area contributed by atoms with Gasteiger partial charge in [0.05, 0.1) is 5.41 Å². The first-order valence-corrected chi connectivity index (χ1v) is 7.70. The number of hydrogen-bond acceptors (Lipinski definition) is 2. The maximum absolute atomic E-state index is 12.7. The highest BCUT2D eigenvalue weighted by atomic mass is 16.2. The summed E-state index contributed by atoms with van der Waals surface area (Å²) in [5.74, 6) is 1.52. The van der Waals surface area contributed by atoms with Gasteiger partial charge in [0.2, 0.25) is 5.91 Å². The molecule has 0 spiro atoms. The van der Waals surface area contributed by atoms with Crippen molar-refractivity contribution >= 4 is 11.6 Å². The zero-order valence-corrected chi connectivity index (χ0v) is 12.4. The molecule has 20 heavy (non-hydrogen) atoms. The molecule has 1 aromatic carbocycles. The van der Waals surface area contributed by atoms with Gasteiger partial charge >= 0.3 is 0 Å². The Bertz CT molecular complexity index is 504. The summed E-state index contributed by atoms with van der Waals surface area (Å²) >= 11 is 0. The number of nitrogens with two attached hydrogens (primary N) is 1. The summed E-state index contributed by atoms with van der Waals surface area (Å²) in [5, 5.41) is 3.30. The maximum atomic E-state index is 12.7. The molecule has 2 fully saturated rings. The number of carbonyl (C=O) groups excluding carboxylic acids is 1. The molecule has 0 aromatic heterocycles. The molecule has 2 aliphatic carbocycles. The molecule has 2 aliphatic rings. The molecular formula is C17H24N2O. The average Bonchev–Trinajstić information content (AvgIpc) is 3.19. The maximum Gasteiger partial charge on any atom is 0.230 e. The van der Waals surface area contributed by atoms with Gasteiger partial charge in [0.15, 0.2) is 0 Å². The van der Waals surface area contributed by atoms with E-state index in [1.54, 1.807) is 0 Å². The number of rotatable bonds is 3. The van der Waals surface area contributed by atoms with Crippen LogP contribution in [0.15, 0.2) is 24.3 Å². The van der Waals surface area contributed by atoms with Crippen molar-refractivity contribution in [2.75, 3.05) is 5.73 Å². The largest absolute Gasteiger partial charge is 0.399 e.